The lowest BCUT2D eigenvalue weighted by molar-refractivity contribution is -0.149. The van der Waals surface area contributed by atoms with Gasteiger partial charge in [0.25, 0.3) is 5.56 Å². The van der Waals surface area contributed by atoms with Crippen LogP contribution in [0.1, 0.15) is 27.0 Å². The second-order valence-electron chi connectivity index (χ2n) is 7.92. The van der Waals surface area contributed by atoms with E-state index >= 15 is 0 Å². The van der Waals surface area contributed by atoms with E-state index in [1.165, 1.54) is 19.5 Å². The van der Waals surface area contributed by atoms with Crippen LogP contribution in [-0.2, 0) is 23.4 Å². The van der Waals surface area contributed by atoms with Crippen LogP contribution in [0.25, 0.3) is 0 Å². The number of esters is 1. The summed E-state index contributed by atoms with van der Waals surface area (Å²) in [4.78, 5) is 37.9. The van der Waals surface area contributed by atoms with Gasteiger partial charge in [0.1, 0.15) is 15.6 Å². The van der Waals surface area contributed by atoms with Gasteiger partial charge in [-0.1, -0.05) is 34.1 Å². The predicted octanol–water partition coefficient (Wildman–Crippen LogP) is 3.10. The summed E-state index contributed by atoms with van der Waals surface area (Å²) in [6.07, 6.45) is 0.481. The van der Waals surface area contributed by atoms with Crippen LogP contribution >= 0.6 is 35.3 Å². The molecule has 0 amide bonds. The Morgan fingerprint density at radius 3 is 2.60 bits per heavy atom. The molecule has 14 heteroatoms. The number of hydrogen-bond acceptors (Lipinski definition) is 8. The number of para-hydroxylation sites is 1. The van der Waals surface area contributed by atoms with Crippen LogP contribution in [0.2, 0.25) is 0 Å². The van der Waals surface area contributed by atoms with Gasteiger partial charge in [0.15, 0.2) is 6.23 Å². The summed E-state index contributed by atoms with van der Waals surface area (Å²) in [5.74, 6) is -0.393. The smallest absolute Gasteiger partial charge is 0.459 e. The molecule has 0 spiro atoms. The van der Waals surface area contributed by atoms with Gasteiger partial charge in [-0.3, -0.25) is 23.7 Å². The minimum atomic E-state index is -4.12. The molecule has 0 unspecified atom stereocenters. The number of ether oxygens (including phenoxy) is 2. The van der Waals surface area contributed by atoms with E-state index in [1.54, 1.807) is 44.2 Å². The number of nitrogens with one attached hydrogen (secondary N) is 2. The second kappa shape index (κ2) is 11.4. The summed E-state index contributed by atoms with van der Waals surface area (Å²) in [5.41, 5.74) is -1.29. The van der Waals surface area contributed by atoms with Gasteiger partial charge in [0.05, 0.1) is 18.8 Å². The maximum atomic E-state index is 13.6. The van der Waals surface area contributed by atoms with Gasteiger partial charge in [-0.15, -0.1) is 11.6 Å². The number of carbonyl (C=O) groups excluding carboxylic acids is 1. The van der Waals surface area contributed by atoms with E-state index in [0.29, 0.717) is 0 Å². The fourth-order valence-electron chi connectivity index (χ4n) is 3.08. The van der Waals surface area contributed by atoms with Crippen LogP contribution in [0.4, 0.5) is 0 Å². The first-order valence-electron chi connectivity index (χ1n) is 10.6. The number of aromatic amines is 1. The number of rotatable bonds is 10. The summed E-state index contributed by atoms with van der Waals surface area (Å²) in [6.45, 7) is 4.54. The van der Waals surface area contributed by atoms with Crippen molar-refractivity contribution in [1.29, 1.82) is 0 Å². The molecule has 2 heterocycles. The summed E-state index contributed by atoms with van der Waals surface area (Å²) in [6, 6.07) is 8.41. The molecule has 1 fully saturated rings. The van der Waals surface area contributed by atoms with E-state index in [2.05, 4.69) is 26.0 Å². The van der Waals surface area contributed by atoms with Crippen LogP contribution in [-0.4, -0.2) is 44.2 Å². The fraction of sp³-hybridized carbons (Fsp3) is 0.429. The third-order valence-electron chi connectivity index (χ3n) is 4.58. The zero-order valence-electron chi connectivity index (χ0n) is 19.1. The summed E-state index contributed by atoms with van der Waals surface area (Å²) in [5, 5.41) is 2.58. The molecule has 2 N–H and O–H groups in total. The van der Waals surface area contributed by atoms with Crippen LogP contribution in [0, 0.1) is 6.42 Å². The topological polar surface area (TPSA) is 138 Å². The highest BCUT2D eigenvalue weighted by atomic mass is 79.9. The van der Waals surface area contributed by atoms with Crippen molar-refractivity contribution in [2.45, 2.75) is 49.0 Å². The highest BCUT2D eigenvalue weighted by Crippen LogP contribution is 2.49. The minimum Gasteiger partial charge on any atom is -0.462 e. The summed E-state index contributed by atoms with van der Waals surface area (Å²) >= 11 is 9.78. The highest BCUT2D eigenvalue weighted by molar-refractivity contribution is 9.10. The van der Waals surface area contributed by atoms with Crippen LogP contribution in [0.3, 0.4) is 0 Å². The number of carbonyl (C=O) groups is 1. The van der Waals surface area contributed by atoms with Crippen molar-refractivity contribution >= 4 is 41.2 Å². The molecule has 0 bridgehead atoms. The van der Waals surface area contributed by atoms with Gasteiger partial charge in [-0.05, 0) is 32.9 Å². The van der Waals surface area contributed by atoms with Gasteiger partial charge in [0, 0.05) is 18.7 Å². The van der Waals surface area contributed by atoms with Gasteiger partial charge >= 0.3 is 19.4 Å². The van der Waals surface area contributed by atoms with Gasteiger partial charge < -0.3 is 14.0 Å². The first-order chi connectivity index (χ1) is 16.4. The molecule has 191 valence electrons. The van der Waals surface area contributed by atoms with Crippen LogP contribution < -0.4 is 20.9 Å². The molecular formula is C21H25BrClN3O8P. The summed E-state index contributed by atoms with van der Waals surface area (Å²) < 4.78 is 35.5. The van der Waals surface area contributed by atoms with Crippen molar-refractivity contribution in [3.05, 3.63) is 69.9 Å². The molecular weight excluding hydrogens is 569 g/mol. The quantitative estimate of drug-likeness (QED) is 0.242. The third-order valence-corrected chi connectivity index (χ3v) is 7.19. The SMILES string of the molecule is CC(C)OC(=O)[C@H](C)N[P@](=O)(OC[C@H]1[CH][C@@](Cl)(Br)[C@H](n2ccc(=O)[nH]c2=O)O1)Oc1ccccc1. The zero-order valence-corrected chi connectivity index (χ0v) is 22.3. The molecule has 1 saturated heterocycles. The van der Waals surface area contributed by atoms with Crippen molar-refractivity contribution in [2.24, 2.45) is 0 Å². The van der Waals surface area contributed by atoms with Crippen molar-refractivity contribution in [2.75, 3.05) is 6.61 Å². The van der Waals surface area contributed by atoms with Crippen molar-refractivity contribution in [1.82, 2.24) is 14.6 Å². The molecule has 1 aliphatic rings. The molecule has 1 aromatic carbocycles. The molecule has 1 radical (unpaired) electrons. The molecule has 11 nitrogen and oxygen atoms in total. The Bertz CT molecular complexity index is 1190. The third kappa shape index (κ3) is 7.52. The van der Waals surface area contributed by atoms with E-state index in [-0.39, 0.29) is 18.5 Å². The zero-order chi connectivity index (χ0) is 25.8. The fourth-order valence-corrected chi connectivity index (χ4v) is 5.50. The van der Waals surface area contributed by atoms with Crippen molar-refractivity contribution in [3.63, 3.8) is 0 Å². The maximum Gasteiger partial charge on any atom is 0.459 e. The molecule has 5 atom stereocenters. The van der Waals surface area contributed by atoms with Gasteiger partial charge in [-0.2, -0.15) is 5.09 Å². The Kier molecular flexibility index (Phi) is 9.01. The van der Waals surface area contributed by atoms with E-state index in [0.717, 1.165) is 10.6 Å². The molecule has 0 aliphatic carbocycles. The highest BCUT2D eigenvalue weighted by Gasteiger charge is 2.48. The monoisotopic (exact) mass is 592 g/mol. The minimum absolute atomic E-state index is 0.244. The number of nitrogens with zero attached hydrogens (tertiary/aromatic N) is 1. The Balaban J connectivity index is 1.75. The predicted molar refractivity (Wildman–Crippen MR) is 131 cm³/mol. The normalized spacial score (nSPS) is 24.6. The van der Waals surface area contributed by atoms with Gasteiger partial charge in [0.2, 0.25) is 0 Å². The average molecular weight is 594 g/mol. The molecule has 35 heavy (non-hydrogen) atoms. The number of halogens is 2. The van der Waals surface area contributed by atoms with E-state index < -0.39 is 47.1 Å². The number of aromatic nitrogens is 2. The van der Waals surface area contributed by atoms with E-state index in [9.17, 15) is 18.9 Å². The lowest BCUT2D eigenvalue weighted by atomic mass is 10.2. The van der Waals surface area contributed by atoms with Crippen molar-refractivity contribution < 1.29 is 27.9 Å². The Morgan fingerprint density at radius 1 is 1.29 bits per heavy atom. The number of benzene rings is 1. The molecule has 1 aliphatic heterocycles. The summed E-state index contributed by atoms with van der Waals surface area (Å²) in [7, 11) is -4.12. The lowest BCUT2D eigenvalue weighted by Gasteiger charge is -2.24. The van der Waals surface area contributed by atoms with Gasteiger partial charge in [-0.25, -0.2) is 9.36 Å². The number of hydrogen-bond donors (Lipinski definition) is 2. The second-order valence-corrected chi connectivity index (χ2v) is 12.0. The maximum absolute atomic E-state index is 13.6. The molecule has 0 saturated carbocycles. The Hall–Kier alpha value is -1.95. The lowest BCUT2D eigenvalue weighted by Crippen LogP contribution is -2.37. The Labute approximate surface area is 214 Å². The van der Waals surface area contributed by atoms with Crippen molar-refractivity contribution in [3.8, 4) is 5.75 Å². The molecule has 2 aromatic rings. The van der Waals surface area contributed by atoms with Crippen LogP contribution in [0.5, 0.6) is 5.75 Å². The molecule has 1 aromatic heterocycles. The standard InChI is InChI=1S/C21H25BrClN3O8P/c1-13(2)32-18(28)14(3)25-35(30,34-15-7-5-4-6-8-15)31-12-16-11-21(22,23)19(33-16)26-10-9-17(27)24-20(26)29/h4-11,13-14,16,19H,12H2,1-3H3,(H,25,30)(H,24,27,29)/t14-,16+,19+,21-,35-/m0/s1. The molecule has 3 rings (SSSR count). The van der Waals surface area contributed by atoms with E-state index in [1.807, 2.05) is 0 Å². The first kappa shape index (κ1) is 27.6. The Morgan fingerprint density at radius 2 is 1.97 bits per heavy atom. The number of H-pyrrole nitrogens is 1. The first-order valence-corrected chi connectivity index (χ1v) is 13.3. The average Bonchev–Trinajstić information content (AvgIpc) is 3.06. The van der Waals surface area contributed by atoms with E-state index in [4.69, 9.17) is 30.1 Å². The van der Waals surface area contributed by atoms with Crippen LogP contribution in [0.15, 0.2) is 52.2 Å². The largest absolute Gasteiger partial charge is 0.462 e. The number of alkyl halides is 2.